The van der Waals surface area contributed by atoms with E-state index in [-0.39, 0.29) is 5.82 Å². The fourth-order valence-electron chi connectivity index (χ4n) is 2.26. The van der Waals surface area contributed by atoms with E-state index in [9.17, 15) is 4.39 Å². The van der Waals surface area contributed by atoms with Crippen molar-refractivity contribution < 1.29 is 13.9 Å². The van der Waals surface area contributed by atoms with Crippen LogP contribution in [0.4, 0.5) is 4.39 Å². The van der Waals surface area contributed by atoms with Crippen molar-refractivity contribution in [3.8, 4) is 5.75 Å². The molecule has 1 aromatic carbocycles. The Kier molecular flexibility index (Phi) is 5.61. The van der Waals surface area contributed by atoms with Crippen molar-refractivity contribution in [2.45, 2.75) is 38.8 Å². The fourth-order valence-corrected chi connectivity index (χ4v) is 2.26. The second-order valence-electron chi connectivity index (χ2n) is 4.80. The molecular weight excluding hydrogens is 245 g/mol. The summed E-state index contributed by atoms with van der Waals surface area (Å²) >= 11 is 0. The van der Waals surface area contributed by atoms with Crippen molar-refractivity contribution >= 4 is 0 Å². The number of ether oxygens (including phenoxy) is 2. The molecule has 0 aromatic heterocycles. The molecule has 0 amide bonds. The molecule has 1 aliphatic heterocycles. The van der Waals surface area contributed by atoms with E-state index in [1.54, 1.807) is 6.07 Å². The smallest absolute Gasteiger partial charge is 0.123 e. The van der Waals surface area contributed by atoms with Gasteiger partial charge in [-0.05, 0) is 37.6 Å². The van der Waals surface area contributed by atoms with Crippen LogP contribution in [0.3, 0.4) is 0 Å². The molecule has 1 aromatic rings. The van der Waals surface area contributed by atoms with Crippen molar-refractivity contribution in [3.05, 3.63) is 29.6 Å². The first-order valence-corrected chi connectivity index (χ1v) is 7.03. The van der Waals surface area contributed by atoms with Crippen molar-refractivity contribution in [2.24, 2.45) is 0 Å². The van der Waals surface area contributed by atoms with Crippen molar-refractivity contribution in [3.63, 3.8) is 0 Å². The number of nitrogens with one attached hydrogen (secondary N) is 1. The molecule has 106 valence electrons. The molecule has 0 radical (unpaired) electrons. The number of hydrogen-bond donors (Lipinski definition) is 1. The summed E-state index contributed by atoms with van der Waals surface area (Å²) < 4.78 is 24.6. The molecule has 0 bridgehead atoms. The second-order valence-corrected chi connectivity index (χ2v) is 4.80. The first kappa shape index (κ1) is 14.3. The highest BCUT2D eigenvalue weighted by Gasteiger charge is 2.15. The molecule has 4 heteroatoms. The Bertz CT molecular complexity index is 392. The van der Waals surface area contributed by atoms with E-state index in [0.717, 1.165) is 43.7 Å². The average molecular weight is 267 g/mol. The average Bonchev–Trinajstić information content (AvgIpc) is 2.91. The van der Waals surface area contributed by atoms with E-state index < -0.39 is 0 Å². The lowest BCUT2D eigenvalue weighted by atomic mass is 10.2. The zero-order valence-corrected chi connectivity index (χ0v) is 11.5. The maximum Gasteiger partial charge on any atom is 0.123 e. The summed E-state index contributed by atoms with van der Waals surface area (Å²) in [6, 6.07) is 4.68. The van der Waals surface area contributed by atoms with Gasteiger partial charge in [-0.25, -0.2) is 4.39 Å². The second kappa shape index (κ2) is 7.46. The molecule has 0 aliphatic carbocycles. The summed E-state index contributed by atoms with van der Waals surface area (Å²) in [5.41, 5.74) is 0.870. The van der Waals surface area contributed by atoms with E-state index >= 15 is 0 Å². The summed E-state index contributed by atoms with van der Waals surface area (Å²) in [4.78, 5) is 0. The molecule has 19 heavy (non-hydrogen) atoms. The van der Waals surface area contributed by atoms with Gasteiger partial charge in [0.1, 0.15) is 11.6 Å². The van der Waals surface area contributed by atoms with Crippen LogP contribution in [0.2, 0.25) is 0 Å². The summed E-state index contributed by atoms with van der Waals surface area (Å²) in [5, 5.41) is 3.19. The highest BCUT2D eigenvalue weighted by molar-refractivity contribution is 5.33. The molecule has 1 N–H and O–H groups in total. The van der Waals surface area contributed by atoms with Gasteiger partial charge in [0.15, 0.2) is 0 Å². The van der Waals surface area contributed by atoms with Crippen LogP contribution in [0.1, 0.15) is 31.7 Å². The molecule has 1 saturated heterocycles. The lowest BCUT2D eigenvalue weighted by Crippen LogP contribution is -2.15. The minimum absolute atomic E-state index is 0.223. The minimum Gasteiger partial charge on any atom is -0.493 e. The largest absolute Gasteiger partial charge is 0.493 e. The first-order valence-electron chi connectivity index (χ1n) is 7.03. The number of halogens is 1. The molecule has 2 rings (SSSR count). The van der Waals surface area contributed by atoms with Gasteiger partial charge in [0.05, 0.1) is 12.7 Å². The van der Waals surface area contributed by atoms with Gasteiger partial charge in [-0.1, -0.05) is 6.92 Å². The standard InChI is InChI=1S/C15H22FNO2/c1-2-17-11-12-10-13(16)5-6-15(12)19-9-7-14-4-3-8-18-14/h5-6,10,14,17H,2-4,7-9,11H2,1H3. The van der Waals surface area contributed by atoms with Crippen LogP contribution in [0.5, 0.6) is 5.75 Å². The first-order chi connectivity index (χ1) is 9.29. The molecule has 0 spiro atoms. The minimum atomic E-state index is -0.223. The molecule has 1 atom stereocenters. The maximum atomic E-state index is 13.2. The van der Waals surface area contributed by atoms with E-state index in [0.29, 0.717) is 19.3 Å². The highest BCUT2D eigenvalue weighted by Crippen LogP contribution is 2.21. The van der Waals surface area contributed by atoms with Gasteiger partial charge in [-0.15, -0.1) is 0 Å². The van der Waals surface area contributed by atoms with Crippen LogP contribution < -0.4 is 10.1 Å². The van der Waals surface area contributed by atoms with E-state index in [1.807, 2.05) is 6.92 Å². The van der Waals surface area contributed by atoms with Gasteiger partial charge >= 0.3 is 0 Å². The SMILES string of the molecule is CCNCc1cc(F)ccc1OCCC1CCCO1. The number of rotatable bonds is 7. The lowest BCUT2D eigenvalue weighted by molar-refractivity contribution is 0.0902. The topological polar surface area (TPSA) is 30.5 Å². The molecule has 1 aliphatic rings. The molecule has 1 fully saturated rings. The Morgan fingerprint density at radius 3 is 3.11 bits per heavy atom. The quantitative estimate of drug-likeness (QED) is 0.824. The normalized spacial score (nSPS) is 18.7. The van der Waals surface area contributed by atoms with Crippen LogP contribution in [0.25, 0.3) is 0 Å². The third kappa shape index (κ3) is 4.48. The number of benzene rings is 1. The predicted molar refractivity (Wildman–Crippen MR) is 72.9 cm³/mol. The fraction of sp³-hybridized carbons (Fsp3) is 0.600. The Morgan fingerprint density at radius 2 is 2.37 bits per heavy atom. The third-order valence-corrected chi connectivity index (χ3v) is 3.31. The summed E-state index contributed by atoms with van der Waals surface area (Å²) in [6.45, 7) is 4.99. The monoisotopic (exact) mass is 267 g/mol. The van der Waals surface area contributed by atoms with Crippen LogP contribution in [-0.4, -0.2) is 25.9 Å². The molecule has 0 saturated carbocycles. The van der Waals surface area contributed by atoms with Crippen LogP contribution in [0, 0.1) is 5.82 Å². The molecule has 3 nitrogen and oxygen atoms in total. The zero-order chi connectivity index (χ0) is 13.5. The van der Waals surface area contributed by atoms with Gasteiger partial charge in [-0.2, -0.15) is 0 Å². The summed E-state index contributed by atoms with van der Waals surface area (Å²) in [7, 11) is 0. The Morgan fingerprint density at radius 1 is 1.47 bits per heavy atom. The maximum absolute atomic E-state index is 13.2. The van der Waals surface area contributed by atoms with Gasteiger partial charge < -0.3 is 14.8 Å². The van der Waals surface area contributed by atoms with Gasteiger partial charge in [-0.3, -0.25) is 0 Å². The molecular formula is C15H22FNO2. The Labute approximate surface area is 114 Å². The van der Waals surface area contributed by atoms with Crippen LogP contribution >= 0.6 is 0 Å². The van der Waals surface area contributed by atoms with Gasteiger partial charge in [0.2, 0.25) is 0 Å². The van der Waals surface area contributed by atoms with Crippen LogP contribution in [0.15, 0.2) is 18.2 Å². The van der Waals surface area contributed by atoms with E-state index in [2.05, 4.69) is 5.32 Å². The van der Waals surface area contributed by atoms with E-state index in [1.165, 1.54) is 12.1 Å². The summed E-state index contributed by atoms with van der Waals surface area (Å²) in [5.74, 6) is 0.541. The van der Waals surface area contributed by atoms with Crippen molar-refractivity contribution in [2.75, 3.05) is 19.8 Å². The molecule has 1 unspecified atom stereocenters. The lowest BCUT2D eigenvalue weighted by Gasteiger charge is -2.14. The predicted octanol–water partition coefficient (Wildman–Crippen LogP) is 2.88. The highest BCUT2D eigenvalue weighted by atomic mass is 19.1. The third-order valence-electron chi connectivity index (χ3n) is 3.31. The van der Waals surface area contributed by atoms with Gasteiger partial charge in [0.25, 0.3) is 0 Å². The van der Waals surface area contributed by atoms with Crippen molar-refractivity contribution in [1.29, 1.82) is 0 Å². The van der Waals surface area contributed by atoms with Gasteiger partial charge in [0, 0.05) is 25.1 Å². The Hall–Kier alpha value is -1.13. The van der Waals surface area contributed by atoms with Crippen LogP contribution in [-0.2, 0) is 11.3 Å². The molecule has 1 heterocycles. The van der Waals surface area contributed by atoms with E-state index in [4.69, 9.17) is 9.47 Å². The summed E-state index contributed by atoms with van der Waals surface area (Å²) in [6.07, 6.45) is 3.50. The van der Waals surface area contributed by atoms with Crippen molar-refractivity contribution in [1.82, 2.24) is 5.32 Å². The Balaban J connectivity index is 1.86. The number of hydrogen-bond acceptors (Lipinski definition) is 3. The zero-order valence-electron chi connectivity index (χ0n) is 11.5.